The van der Waals surface area contributed by atoms with Crippen LogP contribution in [0.15, 0.2) is 11.6 Å². The van der Waals surface area contributed by atoms with E-state index >= 15 is 0 Å². The quantitative estimate of drug-likeness (QED) is 0.0566. The van der Waals surface area contributed by atoms with E-state index in [2.05, 4.69) is 26.8 Å². The minimum absolute atomic E-state index is 0.106. The van der Waals surface area contributed by atoms with Gasteiger partial charge in [-0.25, -0.2) is 0 Å². The number of allylic oxidation sites excluding steroid dienone is 2. The summed E-state index contributed by atoms with van der Waals surface area (Å²) in [7, 11) is 1.33. The van der Waals surface area contributed by atoms with Crippen molar-refractivity contribution < 1.29 is 109 Å². The molecule has 22 heteroatoms. The van der Waals surface area contributed by atoms with Gasteiger partial charge in [0.25, 0.3) is 0 Å². The average Bonchev–Trinajstić information content (AvgIpc) is 3.34. The van der Waals surface area contributed by atoms with Gasteiger partial charge < -0.3 is 99.5 Å². The smallest absolute Gasteiger partial charge is 0.315 e. The number of aliphatic hydroxyl groups is 13. The Balaban J connectivity index is 1.05. The Morgan fingerprint density at radius 3 is 1.76 bits per heavy atom. The van der Waals surface area contributed by atoms with Gasteiger partial charge in [0.15, 0.2) is 12.6 Å². The standard InChI is InChI=1S/C49H78O22/c1-44(42(63)65-6)11-13-49(43(64)71-41-35(61)32(58)30(56)25(18-51)67-41)14-12-47(4)21(22(49)15-44)7-8-28-45(2)16-23(54)38(46(3,20-53)27(45)9-10-48(28,47)5)70-40-36(62)33(59)37(26(19-52)68-40)69-39-34(60)31(57)29(55)24(17-50)66-39/h7,22-41,50-62H,8-20H2,1-6H3/t22-,23-,24+,25+,26+,27+,28+,29+,30+,31-,32-,33+,34+,35+,36+,37+,38-,39-,40-,41-,44-,45-,46-,47+,48+,49-/m0/s1. The second-order valence-corrected chi connectivity index (χ2v) is 23.4. The minimum Gasteiger partial charge on any atom is -0.469 e. The third kappa shape index (κ3) is 8.46. The van der Waals surface area contributed by atoms with Gasteiger partial charge in [-0.05, 0) is 98.7 Å². The van der Waals surface area contributed by atoms with Crippen LogP contribution in [-0.4, -0.2) is 216 Å². The van der Waals surface area contributed by atoms with Gasteiger partial charge in [0.2, 0.25) is 6.29 Å². The maximum absolute atomic E-state index is 14.8. The van der Waals surface area contributed by atoms with Gasteiger partial charge >= 0.3 is 11.9 Å². The minimum atomic E-state index is -1.87. The van der Waals surface area contributed by atoms with E-state index in [4.69, 9.17) is 33.2 Å². The molecule has 0 aromatic carbocycles. The molecule has 5 aliphatic carbocycles. The largest absolute Gasteiger partial charge is 0.469 e. The number of carbonyl (C=O) groups is 2. The molecule has 22 nitrogen and oxygen atoms in total. The zero-order valence-corrected chi connectivity index (χ0v) is 41.3. The van der Waals surface area contributed by atoms with E-state index in [9.17, 15) is 76.0 Å². The van der Waals surface area contributed by atoms with Gasteiger partial charge in [0.05, 0.1) is 56.6 Å². The maximum atomic E-state index is 14.8. The van der Waals surface area contributed by atoms with Crippen molar-refractivity contribution in [3.63, 3.8) is 0 Å². The monoisotopic (exact) mass is 1020 g/mol. The highest BCUT2D eigenvalue weighted by Crippen LogP contribution is 2.76. The van der Waals surface area contributed by atoms with Gasteiger partial charge in [0.1, 0.15) is 73.2 Å². The SMILES string of the molecule is COC(=O)[C@@]1(C)CC[C@]2(C(=O)O[C@@H]3O[C@H](CO)[C@@H](O)[C@H](O)[C@H]3O)CC[C@]3(C)C(=CC[C@@H]4[C@@]5(C)C[C@H](O)[C@H](O[C@@H]6O[C@H](CO)[C@@H](O[C@@H]7O[C@H](CO)[C@@H](O)[C@H](O)[C@H]7O)[C@H](O)[C@H]6O)[C@@](C)(CO)[C@@H]5CC[C@]43C)[C@@H]2C1. The van der Waals surface area contributed by atoms with Crippen molar-refractivity contribution in [3.8, 4) is 0 Å². The molecule has 26 atom stereocenters. The van der Waals surface area contributed by atoms with Gasteiger partial charge in [0, 0.05) is 5.41 Å². The molecule has 3 saturated heterocycles. The molecule has 0 aromatic heterocycles. The summed E-state index contributed by atoms with van der Waals surface area (Å²) in [4.78, 5) is 28.3. The zero-order valence-electron chi connectivity index (χ0n) is 41.3. The lowest BCUT2D eigenvalue weighted by Crippen LogP contribution is -2.70. The van der Waals surface area contributed by atoms with Crippen LogP contribution < -0.4 is 0 Å². The summed E-state index contributed by atoms with van der Waals surface area (Å²) in [5.74, 6) is -2.05. The average molecular weight is 1020 g/mol. The molecule has 0 aromatic rings. The number of rotatable bonds is 11. The maximum Gasteiger partial charge on any atom is 0.315 e. The van der Waals surface area contributed by atoms with Crippen molar-refractivity contribution >= 4 is 11.9 Å². The van der Waals surface area contributed by atoms with Crippen molar-refractivity contribution in [2.24, 2.45) is 50.2 Å². The Hall–Kier alpha value is -2.04. The Morgan fingerprint density at radius 2 is 1.17 bits per heavy atom. The fourth-order valence-electron chi connectivity index (χ4n) is 15.5. The lowest BCUT2D eigenvalue weighted by atomic mass is 9.33. The molecule has 3 aliphatic heterocycles. The molecule has 8 aliphatic rings. The van der Waals surface area contributed by atoms with Crippen molar-refractivity contribution in [1.29, 1.82) is 0 Å². The van der Waals surface area contributed by atoms with Crippen molar-refractivity contribution in [3.05, 3.63) is 11.6 Å². The highest BCUT2D eigenvalue weighted by atomic mass is 16.7. The van der Waals surface area contributed by atoms with E-state index < -0.39 is 181 Å². The molecule has 406 valence electrons. The van der Waals surface area contributed by atoms with Crippen LogP contribution in [0.5, 0.6) is 0 Å². The van der Waals surface area contributed by atoms with Crippen LogP contribution in [0.1, 0.15) is 92.4 Å². The Bertz CT molecular complexity index is 1970. The number of esters is 2. The predicted octanol–water partition coefficient (Wildman–Crippen LogP) is -2.76. The summed E-state index contributed by atoms with van der Waals surface area (Å²) in [6, 6.07) is 0. The van der Waals surface area contributed by atoms with Gasteiger partial charge in [-0.3, -0.25) is 9.59 Å². The first-order valence-electron chi connectivity index (χ1n) is 25.1. The van der Waals surface area contributed by atoms with Crippen molar-refractivity contribution in [1.82, 2.24) is 0 Å². The van der Waals surface area contributed by atoms with Crippen molar-refractivity contribution in [2.45, 2.75) is 197 Å². The van der Waals surface area contributed by atoms with Crippen molar-refractivity contribution in [2.75, 3.05) is 33.5 Å². The van der Waals surface area contributed by atoms with E-state index in [-0.39, 0.29) is 31.1 Å². The number of hydrogen-bond donors (Lipinski definition) is 13. The summed E-state index contributed by atoms with van der Waals surface area (Å²) in [6.07, 6.45) is -21.8. The second kappa shape index (κ2) is 19.8. The third-order valence-electron chi connectivity index (χ3n) is 19.9. The van der Waals surface area contributed by atoms with Crippen LogP contribution in [0.3, 0.4) is 0 Å². The lowest BCUT2D eigenvalue weighted by Gasteiger charge is -2.71. The molecule has 0 bridgehead atoms. The molecule has 0 spiro atoms. The first kappa shape index (κ1) is 55.2. The lowest BCUT2D eigenvalue weighted by molar-refractivity contribution is -0.374. The molecule has 8 rings (SSSR count). The summed E-state index contributed by atoms with van der Waals surface area (Å²) in [5, 5.41) is 140. The molecule has 4 saturated carbocycles. The molecular formula is C49H78O22. The first-order valence-corrected chi connectivity index (χ1v) is 25.1. The second-order valence-electron chi connectivity index (χ2n) is 23.4. The van der Waals surface area contributed by atoms with E-state index in [0.717, 1.165) is 5.57 Å². The summed E-state index contributed by atoms with van der Waals surface area (Å²) < 4.78 is 40.4. The Labute approximate surface area is 412 Å². The predicted molar refractivity (Wildman–Crippen MR) is 239 cm³/mol. The summed E-state index contributed by atoms with van der Waals surface area (Å²) >= 11 is 0. The van der Waals surface area contributed by atoms with Gasteiger partial charge in [-0.2, -0.15) is 0 Å². The number of aliphatic hydroxyl groups excluding tert-OH is 13. The van der Waals surface area contributed by atoms with Crippen LogP contribution in [-0.2, 0) is 42.7 Å². The van der Waals surface area contributed by atoms with E-state index in [0.29, 0.717) is 38.5 Å². The zero-order chi connectivity index (χ0) is 52.1. The fourth-order valence-corrected chi connectivity index (χ4v) is 15.5. The van der Waals surface area contributed by atoms with E-state index in [1.807, 2.05) is 13.8 Å². The van der Waals surface area contributed by atoms with E-state index in [1.165, 1.54) is 7.11 Å². The molecule has 3 heterocycles. The van der Waals surface area contributed by atoms with Gasteiger partial charge in [-0.15, -0.1) is 0 Å². The molecule has 0 unspecified atom stereocenters. The first-order chi connectivity index (χ1) is 33.3. The topological polar surface area (TPSA) is 362 Å². The highest BCUT2D eigenvalue weighted by molar-refractivity contribution is 5.81. The van der Waals surface area contributed by atoms with E-state index in [1.54, 1.807) is 0 Å². The van der Waals surface area contributed by atoms with Crippen LogP contribution >= 0.6 is 0 Å². The molecule has 13 N–H and O–H groups in total. The number of carbonyl (C=O) groups excluding carboxylic acids is 2. The summed E-state index contributed by atoms with van der Waals surface area (Å²) in [6.45, 7) is 7.48. The number of methoxy groups -OCH3 is 1. The molecule has 7 fully saturated rings. The molecule has 71 heavy (non-hydrogen) atoms. The Morgan fingerprint density at radius 1 is 0.620 bits per heavy atom. The highest BCUT2D eigenvalue weighted by Gasteiger charge is 2.72. The molecule has 0 radical (unpaired) electrons. The van der Waals surface area contributed by atoms with Crippen LogP contribution in [0.2, 0.25) is 0 Å². The third-order valence-corrected chi connectivity index (χ3v) is 19.9. The number of hydrogen-bond acceptors (Lipinski definition) is 22. The number of ether oxygens (including phenoxy) is 7. The van der Waals surface area contributed by atoms with Crippen LogP contribution in [0, 0.1) is 50.2 Å². The molecular weight excluding hydrogens is 941 g/mol. The van der Waals surface area contributed by atoms with Crippen LogP contribution in [0.25, 0.3) is 0 Å². The van der Waals surface area contributed by atoms with Gasteiger partial charge in [-0.1, -0.05) is 39.3 Å². The normalized spacial score (nSPS) is 54.0. The van der Waals surface area contributed by atoms with Crippen LogP contribution in [0.4, 0.5) is 0 Å². The fraction of sp³-hybridized carbons (Fsp3) is 0.918. The number of fused-ring (bicyclic) bond motifs is 7. The summed E-state index contributed by atoms with van der Waals surface area (Å²) in [5.41, 5.74) is -4.05. The molecule has 0 amide bonds. The Kier molecular flexibility index (Phi) is 15.4.